The number of carboxylic acids is 1. The number of allylic oxidation sites excluding steroid dienone is 3. The number of carbonyl (C=O) groups is 2. The van der Waals surface area contributed by atoms with Crippen molar-refractivity contribution in [2.24, 2.45) is 0 Å². The molecule has 0 spiro atoms. The van der Waals surface area contributed by atoms with Crippen molar-refractivity contribution in [1.82, 2.24) is 4.98 Å². The third kappa shape index (κ3) is 8.07. The summed E-state index contributed by atoms with van der Waals surface area (Å²) in [6.45, 7) is 8.16. The fourth-order valence-corrected chi connectivity index (χ4v) is 4.46. The van der Waals surface area contributed by atoms with Gasteiger partial charge in [0.1, 0.15) is 5.52 Å². The topological polar surface area (TPSA) is 104 Å². The fourth-order valence-electron chi connectivity index (χ4n) is 4.46. The second-order valence-electron chi connectivity index (χ2n) is 9.30. The lowest BCUT2D eigenvalue weighted by molar-refractivity contribution is -0.137. The van der Waals surface area contributed by atoms with Crippen LogP contribution in [0.4, 0.5) is 11.7 Å². The van der Waals surface area contributed by atoms with E-state index in [1.807, 2.05) is 63.2 Å². The number of hydrogen-bond donors (Lipinski definition) is 3. The molecule has 1 heterocycles. The van der Waals surface area contributed by atoms with Gasteiger partial charge in [-0.05, 0) is 72.6 Å². The van der Waals surface area contributed by atoms with Gasteiger partial charge in [0.15, 0.2) is 5.58 Å². The summed E-state index contributed by atoms with van der Waals surface area (Å²) in [6.07, 6.45) is 10.3. The van der Waals surface area contributed by atoms with Gasteiger partial charge in [-0.1, -0.05) is 64.1 Å². The smallest absolute Gasteiger partial charge is 0.303 e. The average molecular weight is 518 g/mol. The molecule has 7 heteroatoms. The van der Waals surface area contributed by atoms with Gasteiger partial charge in [0, 0.05) is 12.1 Å². The molecule has 0 bridgehead atoms. The number of hydrogen-bond acceptors (Lipinski definition) is 5. The molecular weight excluding hydrogens is 478 g/mol. The quantitative estimate of drug-likeness (QED) is 0.258. The highest BCUT2D eigenvalue weighted by atomic mass is 16.4. The van der Waals surface area contributed by atoms with E-state index < -0.39 is 5.97 Å². The van der Waals surface area contributed by atoms with Crippen LogP contribution in [0, 0.1) is 0 Å². The lowest BCUT2D eigenvalue weighted by atomic mass is 9.96. The molecule has 7 nitrogen and oxygen atoms in total. The number of carboxylic acid groups (broad SMARTS) is 1. The summed E-state index contributed by atoms with van der Waals surface area (Å²) in [6, 6.07) is 13.9. The molecular formula is C31H39N3O4. The Bertz CT molecular complexity index is 1270. The molecule has 2 unspecified atom stereocenters. The van der Waals surface area contributed by atoms with Crippen molar-refractivity contribution in [1.29, 1.82) is 0 Å². The first-order valence-electron chi connectivity index (χ1n) is 13.5. The summed E-state index contributed by atoms with van der Waals surface area (Å²) in [7, 11) is 0. The summed E-state index contributed by atoms with van der Waals surface area (Å²) in [5.41, 5.74) is 5.33. The summed E-state index contributed by atoms with van der Waals surface area (Å²) in [4.78, 5) is 28.0. The minimum atomic E-state index is -0.790. The normalized spacial score (nSPS) is 15.6. The Morgan fingerprint density at radius 3 is 2.63 bits per heavy atom. The minimum Gasteiger partial charge on any atom is -0.481 e. The van der Waals surface area contributed by atoms with E-state index in [1.165, 1.54) is 5.57 Å². The molecule has 1 aromatic heterocycles. The standard InChI is InChI=1S/C29H33N3O4.C2H6/c1-3-21-7-5-4-6-8-24(21)31-29-32-25-15-10-20(17-26(25)36-29)18-27(33)30-23-13-11-22(12-14-23)19(2)9-16-28(34)35;1-2/h4-5,7,10-15,17,19,24H,3,6,8-9,16,18H2,1-2H3,(H,30,33)(H,31,32)(H,34,35);1-2H3. The molecule has 0 saturated heterocycles. The number of amides is 1. The largest absolute Gasteiger partial charge is 0.481 e. The van der Waals surface area contributed by atoms with Crippen molar-refractivity contribution in [3.8, 4) is 0 Å². The second kappa shape index (κ2) is 14.2. The first-order valence-corrected chi connectivity index (χ1v) is 13.5. The van der Waals surface area contributed by atoms with Crippen molar-refractivity contribution in [2.45, 2.75) is 78.2 Å². The van der Waals surface area contributed by atoms with Crippen molar-refractivity contribution >= 4 is 34.7 Å². The molecule has 3 N–H and O–H groups in total. The number of aromatic nitrogens is 1. The van der Waals surface area contributed by atoms with E-state index in [0.29, 0.717) is 23.7 Å². The third-order valence-corrected chi connectivity index (χ3v) is 6.59. The zero-order valence-electron chi connectivity index (χ0n) is 22.8. The monoisotopic (exact) mass is 517 g/mol. The molecule has 38 heavy (non-hydrogen) atoms. The molecule has 3 aromatic rings. The van der Waals surface area contributed by atoms with Crippen LogP contribution in [0.15, 0.2) is 70.7 Å². The van der Waals surface area contributed by atoms with E-state index in [4.69, 9.17) is 9.52 Å². The van der Waals surface area contributed by atoms with Crippen LogP contribution in [-0.2, 0) is 16.0 Å². The molecule has 202 valence electrons. The summed E-state index contributed by atoms with van der Waals surface area (Å²) < 4.78 is 5.98. The number of nitrogens with zero attached hydrogens (tertiary/aromatic N) is 1. The molecule has 2 atom stereocenters. The second-order valence-corrected chi connectivity index (χ2v) is 9.30. The SMILES string of the molecule is CC.CCC1=CC=CCCC1Nc1nc2ccc(CC(=O)Nc3ccc(C(C)CCC(=O)O)cc3)cc2o1. The van der Waals surface area contributed by atoms with Crippen LogP contribution >= 0.6 is 0 Å². The van der Waals surface area contributed by atoms with Crippen LogP contribution in [0.1, 0.15) is 76.8 Å². The van der Waals surface area contributed by atoms with Crippen LogP contribution in [0.2, 0.25) is 0 Å². The number of benzene rings is 2. The molecule has 0 radical (unpaired) electrons. The zero-order chi connectivity index (χ0) is 27.5. The highest BCUT2D eigenvalue weighted by molar-refractivity contribution is 5.92. The number of carbonyl (C=O) groups excluding carboxylic acids is 1. The van der Waals surface area contributed by atoms with Gasteiger partial charge in [-0.3, -0.25) is 9.59 Å². The van der Waals surface area contributed by atoms with Crippen LogP contribution in [0.3, 0.4) is 0 Å². The first-order chi connectivity index (χ1) is 18.4. The Morgan fingerprint density at radius 2 is 1.92 bits per heavy atom. The van der Waals surface area contributed by atoms with E-state index >= 15 is 0 Å². The summed E-state index contributed by atoms with van der Waals surface area (Å²) in [5.74, 6) is -0.771. The van der Waals surface area contributed by atoms with Crippen LogP contribution < -0.4 is 10.6 Å². The van der Waals surface area contributed by atoms with Gasteiger partial charge in [0.2, 0.25) is 5.91 Å². The van der Waals surface area contributed by atoms with Gasteiger partial charge < -0.3 is 20.2 Å². The highest BCUT2D eigenvalue weighted by Gasteiger charge is 2.17. The van der Waals surface area contributed by atoms with E-state index in [1.54, 1.807) is 0 Å². The van der Waals surface area contributed by atoms with Crippen molar-refractivity contribution in [3.05, 3.63) is 77.4 Å². The van der Waals surface area contributed by atoms with Crippen molar-refractivity contribution in [2.75, 3.05) is 10.6 Å². The molecule has 0 saturated carbocycles. The lowest BCUT2D eigenvalue weighted by Crippen LogP contribution is -2.21. The predicted molar refractivity (Wildman–Crippen MR) is 154 cm³/mol. The van der Waals surface area contributed by atoms with Gasteiger partial charge in [0.05, 0.1) is 12.5 Å². The van der Waals surface area contributed by atoms with Crippen LogP contribution in [0.25, 0.3) is 11.1 Å². The number of rotatable bonds is 10. The maximum atomic E-state index is 12.6. The average Bonchev–Trinajstić information content (AvgIpc) is 3.17. The number of oxazole rings is 1. The van der Waals surface area contributed by atoms with Gasteiger partial charge in [-0.15, -0.1) is 0 Å². The molecule has 1 aliphatic rings. The van der Waals surface area contributed by atoms with E-state index in [-0.39, 0.29) is 30.7 Å². The Kier molecular flexibility index (Phi) is 10.7. The Labute approximate surface area is 225 Å². The van der Waals surface area contributed by atoms with Crippen molar-refractivity contribution in [3.63, 3.8) is 0 Å². The Morgan fingerprint density at radius 1 is 1.16 bits per heavy atom. The molecule has 0 fully saturated rings. The van der Waals surface area contributed by atoms with E-state index in [0.717, 1.165) is 35.9 Å². The van der Waals surface area contributed by atoms with Gasteiger partial charge in [0.25, 0.3) is 6.01 Å². The minimum absolute atomic E-state index is 0.123. The van der Waals surface area contributed by atoms with Gasteiger partial charge in [-0.25, -0.2) is 0 Å². The maximum Gasteiger partial charge on any atom is 0.303 e. The van der Waals surface area contributed by atoms with E-state index in [9.17, 15) is 9.59 Å². The first kappa shape index (κ1) is 28.7. The molecule has 2 aromatic carbocycles. The Balaban J connectivity index is 0.00000195. The maximum absolute atomic E-state index is 12.6. The Hall–Kier alpha value is -3.87. The lowest BCUT2D eigenvalue weighted by Gasteiger charge is -2.18. The molecule has 0 aliphatic heterocycles. The molecule has 1 aliphatic carbocycles. The number of anilines is 2. The van der Waals surface area contributed by atoms with Crippen LogP contribution in [0.5, 0.6) is 0 Å². The van der Waals surface area contributed by atoms with E-state index in [2.05, 4.69) is 40.8 Å². The fraction of sp³-hybridized carbons (Fsp3) is 0.387. The number of fused-ring (bicyclic) bond motifs is 1. The predicted octanol–water partition coefficient (Wildman–Crippen LogP) is 7.47. The van der Waals surface area contributed by atoms with Gasteiger partial charge in [-0.2, -0.15) is 4.98 Å². The molecule has 1 amide bonds. The van der Waals surface area contributed by atoms with Crippen LogP contribution in [-0.4, -0.2) is 28.0 Å². The highest BCUT2D eigenvalue weighted by Crippen LogP contribution is 2.26. The summed E-state index contributed by atoms with van der Waals surface area (Å²) >= 11 is 0. The molecule has 4 rings (SSSR count). The number of aliphatic carboxylic acids is 1. The third-order valence-electron chi connectivity index (χ3n) is 6.59. The zero-order valence-corrected chi connectivity index (χ0v) is 22.8. The van der Waals surface area contributed by atoms with Gasteiger partial charge >= 0.3 is 5.97 Å². The number of nitrogens with one attached hydrogen (secondary N) is 2. The summed E-state index contributed by atoms with van der Waals surface area (Å²) in [5, 5.41) is 15.2. The van der Waals surface area contributed by atoms with Crippen molar-refractivity contribution < 1.29 is 19.1 Å².